The molecule has 0 aromatic heterocycles. The molecule has 1 unspecified atom stereocenters. The number of guanidine groups is 1. The third-order valence-electron chi connectivity index (χ3n) is 5.70. The first-order chi connectivity index (χ1) is 14.4. The fourth-order valence-electron chi connectivity index (χ4n) is 3.63. The second-order valence-corrected chi connectivity index (χ2v) is 8.46. The highest BCUT2D eigenvalue weighted by atomic mass is 127. The molecule has 1 aromatic carbocycles. The number of nitro benzene ring substituents is 1. The van der Waals surface area contributed by atoms with Gasteiger partial charge in [0.05, 0.1) is 31.3 Å². The van der Waals surface area contributed by atoms with Crippen LogP contribution in [0, 0.1) is 16.0 Å². The van der Waals surface area contributed by atoms with E-state index in [1.54, 1.807) is 12.1 Å². The Balaban J connectivity index is 0.00000341. The molecule has 1 aromatic rings. The van der Waals surface area contributed by atoms with Crippen LogP contribution in [0.4, 0.5) is 5.69 Å². The largest absolute Gasteiger partial charge is 0.381 e. The first kappa shape index (κ1) is 25.8. The number of nitrogens with one attached hydrogen (secondary N) is 2. The lowest BCUT2D eigenvalue weighted by Gasteiger charge is -2.41. The molecule has 2 fully saturated rings. The highest BCUT2D eigenvalue weighted by Gasteiger charge is 2.28. The molecule has 31 heavy (non-hydrogen) atoms. The molecular formula is C21H34IN5O4. The van der Waals surface area contributed by atoms with Gasteiger partial charge in [-0.1, -0.05) is 12.1 Å². The average molecular weight is 547 g/mol. The Kier molecular flexibility index (Phi) is 10.4. The average Bonchev–Trinajstić information content (AvgIpc) is 3.28. The molecule has 0 spiro atoms. The number of morpholine rings is 1. The van der Waals surface area contributed by atoms with Crippen LogP contribution in [0.1, 0.15) is 25.8 Å². The zero-order valence-corrected chi connectivity index (χ0v) is 20.7. The maximum absolute atomic E-state index is 10.8. The number of halogens is 1. The highest BCUT2D eigenvalue weighted by molar-refractivity contribution is 14.0. The molecule has 9 nitrogen and oxygen atoms in total. The number of hydrogen-bond acceptors (Lipinski definition) is 6. The maximum Gasteiger partial charge on any atom is 0.269 e. The Hall–Kier alpha value is -1.50. The first-order valence-electron chi connectivity index (χ1n) is 10.6. The Morgan fingerprint density at radius 2 is 1.90 bits per heavy atom. The van der Waals surface area contributed by atoms with Crippen molar-refractivity contribution in [2.45, 2.75) is 32.4 Å². The molecule has 0 radical (unpaired) electrons. The van der Waals surface area contributed by atoms with E-state index in [1.165, 1.54) is 12.1 Å². The Labute approximate surface area is 201 Å². The van der Waals surface area contributed by atoms with Gasteiger partial charge >= 0.3 is 0 Å². The number of ether oxygens (including phenoxy) is 2. The number of benzene rings is 1. The van der Waals surface area contributed by atoms with E-state index in [0.29, 0.717) is 12.5 Å². The van der Waals surface area contributed by atoms with Gasteiger partial charge in [0, 0.05) is 56.4 Å². The van der Waals surface area contributed by atoms with E-state index >= 15 is 0 Å². The third kappa shape index (κ3) is 8.17. The van der Waals surface area contributed by atoms with Gasteiger partial charge in [0.2, 0.25) is 0 Å². The maximum atomic E-state index is 10.8. The molecule has 2 saturated heterocycles. The number of hydrogen-bond donors (Lipinski definition) is 2. The molecule has 2 aliphatic rings. The van der Waals surface area contributed by atoms with Gasteiger partial charge in [-0.05, 0) is 25.8 Å². The van der Waals surface area contributed by atoms with Crippen molar-refractivity contribution < 1.29 is 14.4 Å². The van der Waals surface area contributed by atoms with Crippen LogP contribution < -0.4 is 10.6 Å². The molecule has 0 amide bonds. The predicted octanol–water partition coefficient (Wildman–Crippen LogP) is 2.40. The number of nitro groups is 1. The van der Waals surface area contributed by atoms with E-state index in [-0.39, 0.29) is 40.1 Å². The Bertz CT molecular complexity index is 717. The van der Waals surface area contributed by atoms with E-state index in [0.717, 1.165) is 70.6 Å². The molecule has 0 aliphatic carbocycles. The Morgan fingerprint density at radius 3 is 2.52 bits per heavy atom. The van der Waals surface area contributed by atoms with E-state index in [2.05, 4.69) is 29.4 Å². The van der Waals surface area contributed by atoms with Gasteiger partial charge in [0.15, 0.2) is 5.96 Å². The zero-order valence-electron chi connectivity index (χ0n) is 18.3. The van der Waals surface area contributed by atoms with Crippen LogP contribution in [0.25, 0.3) is 0 Å². The normalized spacial score (nSPS) is 20.2. The topological polar surface area (TPSA) is 101 Å². The summed E-state index contributed by atoms with van der Waals surface area (Å²) in [5.74, 6) is 1.24. The molecule has 2 heterocycles. The lowest BCUT2D eigenvalue weighted by Crippen LogP contribution is -2.56. The molecule has 2 N–H and O–H groups in total. The molecule has 174 valence electrons. The van der Waals surface area contributed by atoms with Gasteiger partial charge in [0.25, 0.3) is 5.69 Å². The predicted molar refractivity (Wildman–Crippen MR) is 131 cm³/mol. The summed E-state index contributed by atoms with van der Waals surface area (Å²) in [6.45, 7) is 11.5. The molecule has 10 heteroatoms. The second kappa shape index (κ2) is 12.5. The van der Waals surface area contributed by atoms with Crippen LogP contribution in [-0.2, 0) is 16.0 Å². The van der Waals surface area contributed by atoms with Crippen molar-refractivity contribution in [2.75, 3.05) is 52.6 Å². The molecule has 0 saturated carbocycles. The summed E-state index contributed by atoms with van der Waals surface area (Å²) in [6, 6.07) is 6.54. The minimum absolute atomic E-state index is 0. The smallest absolute Gasteiger partial charge is 0.269 e. The monoisotopic (exact) mass is 547 g/mol. The lowest BCUT2D eigenvalue weighted by atomic mass is 10.0. The van der Waals surface area contributed by atoms with Crippen LogP contribution in [0.2, 0.25) is 0 Å². The molecule has 0 bridgehead atoms. The molecule has 2 aliphatic heterocycles. The van der Waals surface area contributed by atoms with Crippen molar-refractivity contribution in [1.29, 1.82) is 0 Å². The first-order valence-corrected chi connectivity index (χ1v) is 10.6. The zero-order chi connectivity index (χ0) is 21.4. The lowest BCUT2D eigenvalue weighted by molar-refractivity contribution is -0.384. The van der Waals surface area contributed by atoms with Gasteiger partial charge in [-0.25, -0.2) is 4.99 Å². The van der Waals surface area contributed by atoms with Gasteiger partial charge < -0.3 is 20.1 Å². The van der Waals surface area contributed by atoms with Crippen LogP contribution in [0.5, 0.6) is 0 Å². The van der Waals surface area contributed by atoms with Crippen molar-refractivity contribution in [3.63, 3.8) is 0 Å². The van der Waals surface area contributed by atoms with Crippen molar-refractivity contribution in [2.24, 2.45) is 10.9 Å². The van der Waals surface area contributed by atoms with Crippen LogP contribution >= 0.6 is 24.0 Å². The highest BCUT2D eigenvalue weighted by Crippen LogP contribution is 2.16. The Morgan fingerprint density at radius 1 is 1.19 bits per heavy atom. The quantitative estimate of drug-likeness (QED) is 0.170. The summed E-state index contributed by atoms with van der Waals surface area (Å²) in [6.07, 6.45) is 1.06. The molecule has 1 atom stereocenters. The molecular weight excluding hydrogens is 513 g/mol. The van der Waals surface area contributed by atoms with Crippen molar-refractivity contribution in [3.8, 4) is 0 Å². The fourth-order valence-corrected chi connectivity index (χ4v) is 3.63. The van der Waals surface area contributed by atoms with Crippen LogP contribution in [0.3, 0.4) is 0 Å². The number of rotatable bonds is 8. The minimum Gasteiger partial charge on any atom is -0.381 e. The van der Waals surface area contributed by atoms with Gasteiger partial charge in [0.1, 0.15) is 0 Å². The van der Waals surface area contributed by atoms with Crippen LogP contribution in [-0.4, -0.2) is 73.9 Å². The summed E-state index contributed by atoms with van der Waals surface area (Å²) >= 11 is 0. The second-order valence-electron chi connectivity index (χ2n) is 8.46. The minimum atomic E-state index is -0.390. The van der Waals surface area contributed by atoms with E-state index in [4.69, 9.17) is 14.5 Å². The van der Waals surface area contributed by atoms with E-state index in [1.807, 2.05) is 0 Å². The number of non-ortho nitro benzene ring substituents is 1. The summed E-state index contributed by atoms with van der Waals surface area (Å²) < 4.78 is 10.9. The fraction of sp³-hybridized carbons (Fsp3) is 0.667. The van der Waals surface area contributed by atoms with Crippen LogP contribution in [0.15, 0.2) is 29.3 Å². The van der Waals surface area contributed by atoms with Gasteiger partial charge in [-0.2, -0.15) is 0 Å². The third-order valence-corrected chi connectivity index (χ3v) is 5.70. The standard InChI is InChI=1S/C21H33N5O4.HI/c1-21(2,25-8-11-29-12-9-25)16-24-20(23-14-18-7-10-30-15-18)22-13-17-3-5-19(6-4-17)26(27)28;/h3-6,18H,7-16H2,1-2H3,(H2,22,23,24);1H. The SMILES string of the molecule is CC(C)(CNC(=NCc1ccc([N+](=O)[O-])cc1)NCC1CCOC1)N1CCOCC1.I. The molecule has 3 rings (SSSR count). The number of aliphatic imine (C=N–C) groups is 1. The van der Waals surface area contributed by atoms with Gasteiger partial charge in [-0.3, -0.25) is 15.0 Å². The van der Waals surface area contributed by atoms with Gasteiger partial charge in [-0.15, -0.1) is 24.0 Å². The van der Waals surface area contributed by atoms with Crippen molar-refractivity contribution in [1.82, 2.24) is 15.5 Å². The summed E-state index contributed by atoms with van der Waals surface area (Å²) in [5, 5.41) is 17.8. The summed E-state index contributed by atoms with van der Waals surface area (Å²) in [5.41, 5.74) is 0.988. The van der Waals surface area contributed by atoms with Crippen molar-refractivity contribution in [3.05, 3.63) is 39.9 Å². The van der Waals surface area contributed by atoms with E-state index < -0.39 is 0 Å². The number of nitrogens with zero attached hydrogens (tertiary/aromatic N) is 3. The van der Waals surface area contributed by atoms with Crippen molar-refractivity contribution >= 4 is 35.6 Å². The summed E-state index contributed by atoms with van der Waals surface area (Å²) in [7, 11) is 0. The summed E-state index contributed by atoms with van der Waals surface area (Å²) in [4.78, 5) is 17.6. The van der Waals surface area contributed by atoms with E-state index in [9.17, 15) is 10.1 Å².